The Morgan fingerprint density at radius 2 is 2.10 bits per heavy atom. The van der Waals surface area contributed by atoms with Gasteiger partial charge in [-0.2, -0.15) is 0 Å². The number of carbonyl (C=O) groups is 1. The van der Waals surface area contributed by atoms with Crippen LogP contribution in [-0.2, 0) is 6.42 Å². The van der Waals surface area contributed by atoms with Gasteiger partial charge in [0.25, 0.3) is 5.91 Å². The second-order valence-corrected chi connectivity index (χ2v) is 5.97. The molecule has 3 N–H and O–H groups in total. The number of rotatable bonds is 4. The molecular weight excluding hydrogens is 298 g/mol. The number of aromatic nitrogens is 2. The van der Waals surface area contributed by atoms with Crippen molar-refractivity contribution < 1.29 is 13.6 Å². The van der Waals surface area contributed by atoms with E-state index < -0.39 is 28.8 Å². The molecule has 8 heteroatoms. The van der Waals surface area contributed by atoms with Crippen molar-refractivity contribution in [2.45, 2.75) is 20.3 Å². The highest BCUT2D eigenvalue weighted by molar-refractivity contribution is 7.15. The lowest BCUT2D eigenvalue weighted by molar-refractivity contribution is 0.102. The van der Waals surface area contributed by atoms with E-state index in [1.54, 1.807) is 0 Å². The van der Waals surface area contributed by atoms with Crippen LogP contribution in [0, 0.1) is 17.6 Å². The largest absolute Gasteiger partial charge is 0.396 e. The molecule has 112 valence electrons. The fraction of sp³-hybridized carbons (Fsp3) is 0.308. The van der Waals surface area contributed by atoms with Gasteiger partial charge in [-0.25, -0.2) is 8.78 Å². The summed E-state index contributed by atoms with van der Waals surface area (Å²) in [6, 6.07) is 1.61. The summed E-state index contributed by atoms with van der Waals surface area (Å²) < 4.78 is 26.9. The summed E-state index contributed by atoms with van der Waals surface area (Å²) in [5, 5.41) is 11.1. The number of nitrogens with one attached hydrogen (secondary N) is 1. The van der Waals surface area contributed by atoms with Crippen molar-refractivity contribution in [2.75, 3.05) is 11.1 Å². The molecule has 0 radical (unpaired) electrons. The summed E-state index contributed by atoms with van der Waals surface area (Å²) in [6.45, 7) is 4.06. The van der Waals surface area contributed by atoms with Crippen LogP contribution < -0.4 is 11.1 Å². The van der Waals surface area contributed by atoms with Crippen LogP contribution in [0.3, 0.4) is 0 Å². The third-order valence-electron chi connectivity index (χ3n) is 2.58. The van der Waals surface area contributed by atoms with Crippen LogP contribution in [0.25, 0.3) is 0 Å². The van der Waals surface area contributed by atoms with E-state index >= 15 is 0 Å². The number of hydrogen-bond donors (Lipinski definition) is 2. The number of nitrogens with two attached hydrogens (primary N) is 1. The molecule has 0 atom stereocenters. The van der Waals surface area contributed by atoms with Crippen molar-refractivity contribution >= 4 is 28.1 Å². The van der Waals surface area contributed by atoms with Gasteiger partial charge in [-0.05, 0) is 18.1 Å². The van der Waals surface area contributed by atoms with Crippen LogP contribution in [0.2, 0.25) is 0 Å². The van der Waals surface area contributed by atoms with Gasteiger partial charge in [0.05, 0.1) is 11.3 Å². The van der Waals surface area contributed by atoms with Crippen LogP contribution in [0.1, 0.15) is 29.2 Å². The first-order valence-electron chi connectivity index (χ1n) is 6.25. The standard InChI is InChI=1S/C13H14F2N4OS/c1-6(2)3-10-18-19-13(21-10)17-12(20)8-4-7(14)5-9(16)11(8)15/h4-6H,3,16H2,1-2H3,(H,17,19,20). The van der Waals surface area contributed by atoms with Crippen LogP contribution in [0.15, 0.2) is 12.1 Å². The Kier molecular flexibility index (Phi) is 4.46. The summed E-state index contributed by atoms with van der Waals surface area (Å²) in [5.74, 6) is -2.15. The molecule has 0 fully saturated rings. The van der Waals surface area contributed by atoms with Gasteiger partial charge in [0.1, 0.15) is 10.8 Å². The van der Waals surface area contributed by atoms with Gasteiger partial charge >= 0.3 is 0 Å². The Bertz CT molecular complexity index is 672. The van der Waals surface area contributed by atoms with E-state index in [1.165, 1.54) is 11.3 Å². The minimum Gasteiger partial charge on any atom is -0.396 e. The Balaban J connectivity index is 2.16. The lowest BCUT2D eigenvalue weighted by atomic mass is 10.1. The second kappa shape index (κ2) is 6.13. The van der Waals surface area contributed by atoms with Gasteiger partial charge in [0, 0.05) is 6.42 Å². The SMILES string of the molecule is CC(C)Cc1nnc(NC(=O)c2cc(F)cc(N)c2F)s1. The molecule has 0 unspecified atom stereocenters. The van der Waals surface area contributed by atoms with Crippen molar-refractivity contribution in [2.24, 2.45) is 5.92 Å². The lowest BCUT2D eigenvalue weighted by Gasteiger charge is -2.05. The molecule has 1 aromatic heterocycles. The monoisotopic (exact) mass is 312 g/mol. The van der Waals surface area contributed by atoms with Crippen molar-refractivity contribution in [3.05, 3.63) is 34.3 Å². The minimum atomic E-state index is -0.958. The number of amides is 1. The maximum absolute atomic E-state index is 13.7. The number of halogens is 2. The normalized spacial score (nSPS) is 10.9. The molecule has 1 amide bonds. The predicted molar refractivity (Wildman–Crippen MR) is 77.2 cm³/mol. The summed E-state index contributed by atoms with van der Waals surface area (Å²) >= 11 is 1.20. The Morgan fingerprint density at radius 1 is 1.38 bits per heavy atom. The third kappa shape index (κ3) is 3.72. The Labute approximate surface area is 124 Å². The van der Waals surface area contributed by atoms with Crippen LogP contribution >= 0.6 is 11.3 Å². The molecule has 0 aliphatic carbocycles. The zero-order valence-electron chi connectivity index (χ0n) is 11.5. The molecule has 0 saturated heterocycles. The van der Waals surface area contributed by atoms with Crippen molar-refractivity contribution in [1.82, 2.24) is 10.2 Å². The fourth-order valence-corrected chi connectivity index (χ4v) is 2.62. The molecule has 2 aromatic rings. The van der Waals surface area contributed by atoms with E-state index in [1.807, 2.05) is 13.8 Å². The molecule has 2 rings (SSSR count). The van der Waals surface area contributed by atoms with E-state index in [2.05, 4.69) is 15.5 Å². The highest BCUT2D eigenvalue weighted by Gasteiger charge is 2.18. The van der Waals surface area contributed by atoms with E-state index in [4.69, 9.17) is 5.73 Å². The molecule has 0 aliphatic heterocycles. The molecule has 0 spiro atoms. The summed E-state index contributed by atoms with van der Waals surface area (Å²) in [4.78, 5) is 11.9. The molecule has 1 heterocycles. The van der Waals surface area contributed by atoms with E-state index in [0.717, 1.165) is 23.6 Å². The number of anilines is 2. The zero-order chi connectivity index (χ0) is 15.6. The average molecular weight is 312 g/mol. The smallest absolute Gasteiger partial charge is 0.260 e. The second-order valence-electron chi connectivity index (χ2n) is 4.91. The minimum absolute atomic E-state index is 0.234. The quantitative estimate of drug-likeness (QED) is 0.851. The molecule has 0 bridgehead atoms. The highest BCUT2D eigenvalue weighted by atomic mass is 32.1. The third-order valence-corrected chi connectivity index (χ3v) is 3.44. The van der Waals surface area contributed by atoms with Crippen LogP contribution in [-0.4, -0.2) is 16.1 Å². The first-order chi connectivity index (χ1) is 9.86. The summed E-state index contributed by atoms with van der Waals surface area (Å²) in [5.41, 5.74) is 4.41. The first-order valence-corrected chi connectivity index (χ1v) is 7.06. The maximum atomic E-state index is 13.7. The molecular formula is C13H14F2N4OS. The van der Waals surface area contributed by atoms with E-state index in [0.29, 0.717) is 5.92 Å². The first kappa shape index (κ1) is 15.3. The fourth-order valence-electron chi connectivity index (χ4n) is 1.68. The molecule has 21 heavy (non-hydrogen) atoms. The number of carbonyl (C=O) groups excluding carboxylic acids is 1. The number of nitrogens with zero attached hydrogens (tertiary/aromatic N) is 2. The number of hydrogen-bond acceptors (Lipinski definition) is 5. The van der Waals surface area contributed by atoms with Gasteiger partial charge < -0.3 is 5.73 Å². The van der Waals surface area contributed by atoms with Gasteiger partial charge in [0.15, 0.2) is 5.82 Å². The summed E-state index contributed by atoms with van der Waals surface area (Å²) in [7, 11) is 0. The van der Waals surface area contributed by atoms with Gasteiger partial charge in [-0.15, -0.1) is 10.2 Å². The number of benzene rings is 1. The summed E-state index contributed by atoms with van der Waals surface area (Å²) in [6.07, 6.45) is 0.731. The molecule has 1 aromatic carbocycles. The lowest BCUT2D eigenvalue weighted by Crippen LogP contribution is -2.15. The van der Waals surface area contributed by atoms with E-state index in [-0.39, 0.29) is 5.13 Å². The van der Waals surface area contributed by atoms with Crippen LogP contribution in [0.4, 0.5) is 19.6 Å². The van der Waals surface area contributed by atoms with Crippen molar-refractivity contribution in [3.63, 3.8) is 0 Å². The molecule has 0 saturated carbocycles. The Morgan fingerprint density at radius 3 is 2.76 bits per heavy atom. The zero-order valence-corrected chi connectivity index (χ0v) is 12.3. The van der Waals surface area contributed by atoms with E-state index in [9.17, 15) is 13.6 Å². The maximum Gasteiger partial charge on any atom is 0.260 e. The van der Waals surface area contributed by atoms with Crippen LogP contribution in [0.5, 0.6) is 0 Å². The highest BCUT2D eigenvalue weighted by Crippen LogP contribution is 2.21. The van der Waals surface area contributed by atoms with Gasteiger partial charge in [-0.3, -0.25) is 10.1 Å². The van der Waals surface area contributed by atoms with Gasteiger partial charge in [-0.1, -0.05) is 25.2 Å². The predicted octanol–water partition coefficient (Wildman–Crippen LogP) is 2.85. The van der Waals surface area contributed by atoms with Gasteiger partial charge in [0.2, 0.25) is 5.13 Å². The molecule has 0 aliphatic rings. The van der Waals surface area contributed by atoms with Crippen molar-refractivity contribution in [3.8, 4) is 0 Å². The average Bonchev–Trinajstić information content (AvgIpc) is 2.80. The topological polar surface area (TPSA) is 80.9 Å². The van der Waals surface area contributed by atoms with Crippen molar-refractivity contribution in [1.29, 1.82) is 0 Å². The Hall–Kier alpha value is -2.09. The molecule has 5 nitrogen and oxygen atoms in total. The number of nitrogen functional groups attached to an aromatic ring is 1.